The Kier molecular flexibility index (Phi) is 5.80. The van der Waals surface area contributed by atoms with Crippen molar-refractivity contribution in [1.29, 1.82) is 0 Å². The molecule has 0 aliphatic carbocycles. The summed E-state index contributed by atoms with van der Waals surface area (Å²) in [5.74, 6) is -1.24. The van der Waals surface area contributed by atoms with Crippen LogP contribution in [0.5, 0.6) is 0 Å². The number of amides is 1. The van der Waals surface area contributed by atoms with E-state index in [2.05, 4.69) is 5.32 Å². The number of nitrogens with two attached hydrogens (primary N) is 1. The lowest BCUT2D eigenvalue weighted by Gasteiger charge is -2.18. The van der Waals surface area contributed by atoms with E-state index in [1.54, 1.807) is 0 Å². The molecular formula is C12H18N2O3S. The first-order valence-corrected chi connectivity index (χ1v) is 6.73. The van der Waals surface area contributed by atoms with Crippen LogP contribution in [-0.4, -0.2) is 23.0 Å². The van der Waals surface area contributed by atoms with Crippen molar-refractivity contribution < 1.29 is 14.7 Å². The van der Waals surface area contributed by atoms with Gasteiger partial charge in [-0.25, -0.2) is 0 Å². The highest BCUT2D eigenvalue weighted by atomic mass is 32.1. The van der Waals surface area contributed by atoms with Gasteiger partial charge in [0, 0.05) is 4.88 Å². The van der Waals surface area contributed by atoms with Gasteiger partial charge in [0.1, 0.15) is 0 Å². The lowest BCUT2D eigenvalue weighted by Crippen LogP contribution is -2.42. The third-order valence-corrected chi connectivity index (χ3v) is 3.50. The van der Waals surface area contributed by atoms with Crippen LogP contribution in [0, 0.1) is 0 Å². The summed E-state index contributed by atoms with van der Waals surface area (Å²) in [5.41, 5.74) is 5.70. The highest BCUT2D eigenvalue weighted by molar-refractivity contribution is 7.10. The van der Waals surface area contributed by atoms with Crippen LogP contribution in [0.15, 0.2) is 17.5 Å². The fourth-order valence-corrected chi connectivity index (χ4v) is 2.39. The van der Waals surface area contributed by atoms with Crippen molar-refractivity contribution >= 4 is 23.2 Å². The number of hydrogen-bond acceptors (Lipinski definition) is 4. The van der Waals surface area contributed by atoms with E-state index < -0.39 is 18.1 Å². The quantitative estimate of drug-likeness (QED) is 0.700. The highest BCUT2D eigenvalue weighted by Crippen LogP contribution is 2.22. The predicted molar refractivity (Wildman–Crippen MR) is 70.3 cm³/mol. The first-order chi connectivity index (χ1) is 8.54. The fraction of sp³-hybridized carbons (Fsp3) is 0.500. The molecule has 1 rings (SSSR count). The second-order valence-electron chi connectivity index (χ2n) is 4.07. The van der Waals surface area contributed by atoms with Crippen LogP contribution in [0.2, 0.25) is 0 Å². The molecule has 0 aliphatic rings. The summed E-state index contributed by atoms with van der Waals surface area (Å²) in [6.45, 7) is 1.95. The molecule has 18 heavy (non-hydrogen) atoms. The molecule has 6 heteroatoms. The maximum atomic E-state index is 11.8. The highest BCUT2D eigenvalue weighted by Gasteiger charge is 2.21. The third-order valence-electron chi connectivity index (χ3n) is 2.52. The number of rotatable bonds is 7. The molecule has 1 aromatic rings. The fourth-order valence-electron chi connectivity index (χ4n) is 1.61. The molecule has 2 atom stereocenters. The SMILES string of the molecule is CCC[C@@H](N)C(=O)NC(CC(=O)O)c1cccs1. The van der Waals surface area contributed by atoms with Crippen LogP contribution in [0.25, 0.3) is 0 Å². The van der Waals surface area contributed by atoms with Gasteiger partial charge in [0.05, 0.1) is 18.5 Å². The van der Waals surface area contributed by atoms with Gasteiger partial charge in [-0.1, -0.05) is 19.4 Å². The average Bonchev–Trinajstić information content (AvgIpc) is 2.81. The number of carboxylic acids is 1. The largest absolute Gasteiger partial charge is 0.481 e. The number of carboxylic acid groups (broad SMARTS) is 1. The lowest BCUT2D eigenvalue weighted by atomic mass is 10.1. The summed E-state index contributed by atoms with van der Waals surface area (Å²) in [6, 6.07) is 2.56. The van der Waals surface area contributed by atoms with Gasteiger partial charge in [-0.15, -0.1) is 11.3 Å². The van der Waals surface area contributed by atoms with Crippen LogP contribution >= 0.6 is 11.3 Å². The van der Waals surface area contributed by atoms with Crippen molar-refractivity contribution in [3.05, 3.63) is 22.4 Å². The Morgan fingerprint density at radius 1 is 1.56 bits per heavy atom. The second-order valence-corrected chi connectivity index (χ2v) is 5.05. The summed E-state index contributed by atoms with van der Waals surface area (Å²) in [6.07, 6.45) is 1.28. The number of hydrogen-bond donors (Lipinski definition) is 3. The number of carbonyl (C=O) groups excluding carboxylic acids is 1. The molecule has 5 nitrogen and oxygen atoms in total. The maximum absolute atomic E-state index is 11.8. The Morgan fingerprint density at radius 2 is 2.28 bits per heavy atom. The number of carbonyl (C=O) groups is 2. The van der Waals surface area contributed by atoms with E-state index in [9.17, 15) is 9.59 Å². The molecule has 1 heterocycles. The van der Waals surface area contributed by atoms with Crippen molar-refractivity contribution in [2.75, 3.05) is 0 Å². The Balaban J connectivity index is 2.67. The van der Waals surface area contributed by atoms with E-state index in [0.29, 0.717) is 6.42 Å². The van der Waals surface area contributed by atoms with E-state index in [1.165, 1.54) is 11.3 Å². The Morgan fingerprint density at radius 3 is 2.78 bits per heavy atom. The topological polar surface area (TPSA) is 92.4 Å². The van der Waals surface area contributed by atoms with Gasteiger partial charge in [-0.3, -0.25) is 9.59 Å². The van der Waals surface area contributed by atoms with E-state index in [1.807, 2.05) is 24.4 Å². The van der Waals surface area contributed by atoms with Gasteiger partial charge in [-0.05, 0) is 17.9 Å². The predicted octanol–water partition coefficient (Wildman–Crippen LogP) is 1.51. The minimum absolute atomic E-state index is 0.134. The Bertz CT molecular complexity index is 392. The lowest BCUT2D eigenvalue weighted by molar-refractivity contribution is -0.137. The van der Waals surface area contributed by atoms with Crippen LogP contribution < -0.4 is 11.1 Å². The first kappa shape index (κ1) is 14.7. The van der Waals surface area contributed by atoms with Gasteiger partial charge in [0.15, 0.2) is 0 Å². The van der Waals surface area contributed by atoms with Crippen molar-refractivity contribution in [2.24, 2.45) is 5.73 Å². The molecule has 0 saturated heterocycles. The maximum Gasteiger partial charge on any atom is 0.305 e. The molecular weight excluding hydrogens is 252 g/mol. The van der Waals surface area contributed by atoms with Crippen LogP contribution in [0.1, 0.15) is 37.1 Å². The summed E-state index contributed by atoms with van der Waals surface area (Å²) in [4.78, 5) is 23.4. The summed E-state index contributed by atoms with van der Waals surface area (Å²) in [5, 5.41) is 13.4. The zero-order valence-corrected chi connectivity index (χ0v) is 11.1. The standard InChI is InChI=1S/C12H18N2O3S/c1-2-4-8(13)12(17)14-9(7-11(15)16)10-5-3-6-18-10/h3,5-6,8-9H,2,4,7,13H2,1H3,(H,14,17)(H,15,16)/t8-,9?/m1/s1. The minimum atomic E-state index is -0.947. The molecule has 100 valence electrons. The second kappa shape index (κ2) is 7.13. The van der Waals surface area contributed by atoms with Crippen molar-refractivity contribution in [1.82, 2.24) is 5.32 Å². The van der Waals surface area contributed by atoms with Crippen molar-refractivity contribution in [3.8, 4) is 0 Å². The molecule has 0 aliphatic heterocycles. The molecule has 4 N–H and O–H groups in total. The molecule has 0 bridgehead atoms. The monoisotopic (exact) mass is 270 g/mol. The van der Waals surface area contributed by atoms with E-state index in [0.717, 1.165) is 11.3 Å². The van der Waals surface area contributed by atoms with E-state index in [4.69, 9.17) is 10.8 Å². The minimum Gasteiger partial charge on any atom is -0.481 e. The molecule has 0 fully saturated rings. The van der Waals surface area contributed by atoms with Crippen LogP contribution in [0.4, 0.5) is 0 Å². The average molecular weight is 270 g/mol. The Hall–Kier alpha value is -1.40. The van der Waals surface area contributed by atoms with Gasteiger partial charge < -0.3 is 16.2 Å². The Labute approximate surface area is 110 Å². The smallest absolute Gasteiger partial charge is 0.305 e. The van der Waals surface area contributed by atoms with Gasteiger partial charge >= 0.3 is 5.97 Å². The van der Waals surface area contributed by atoms with Crippen molar-refractivity contribution in [3.63, 3.8) is 0 Å². The van der Waals surface area contributed by atoms with E-state index in [-0.39, 0.29) is 12.3 Å². The van der Waals surface area contributed by atoms with Crippen molar-refractivity contribution in [2.45, 2.75) is 38.3 Å². The third kappa shape index (κ3) is 4.46. The molecule has 0 aromatic carbocycles. The van der Waals surface area contributed by atoms with Crippen LogP contribution in [-0.2, 0) is 9.59 Å². The summed E-state index contributed by atoms with van der Waals surface area (Å²) >= 11 is 1.42. The van der Waals surface area contributed by atoms with Gasteiger partial charge in [-0.2, -0.15) is 0 Å². The molecule has 1 aromatic heterocycles. The normalized spacial score (nSPS) is 13.9. The van der Waals surface area contributed by atoms with E-state index >= 15 is 0 Å². The first-order valence-electron chi connectivity index (χ1n) is 5.85. The summed E-state index contributed by atoms with van der Waals surface area (Å²) < 4.78 is 0. The molecule has 0 spiro atoms. The zero-order chi connectivity index (χ0) is 13.5. The number of nitrogens with one attached hydrogen (secondary N) is 1. The zero-order valence-electron chi connectivity index (χ0n) is 10.3. The number of aliphatic carboxylic acids is 1. The number of thiophene rings is 1. The van der Waals surface area contributed by atoms with Gasteiger partial charge in [0.25, 0.3) is 0 Å². The molecule has 1 unspecified atom stereocenters. The summed E-state index contributed by atoms with van der Waals surface area (Å²) in [7, 11) is 0. The molecule has 1 amide bonds. The molecule has 0 saturated carbocycles. The van der Waals surface area contributed by atoms with Crippen LogP contribution in [0.3, 0.4) is 0 Å². The van der Waals surface area contributed by atoms with Gasteiger partial charge in [0.2, 0.25) is 5.91 Å². The molecule has 0 radical (unpaired) electrons.